The third-order valence-corrected chi connectivity index (χ3v) is 2.97. The van der Waals surface area contributed by atoms with Crippen LogP contribution < -0.4 is 5.32 Å². The van der Waals surface area contributed by atoms with Crippen LogP contribution in [-0.2, 0) is 22.7 Å². The van der Waals surface area contributed by atoms with Gasteiger partial charge in [0.25, 0.3) is 0 Å². The van der Waals surface area contributed by atoms with Crippen LogP contribution in [0.2, 0.25) is 0 Å². The fourth-order valence-electron chi connectivity index (χ4n) is 1.99. The van der Waals surface area contributed by atoms with Crippen molar-refractivity contribution in [1.82, 2.24) is 20.3 Å². The summed E-state index contributed by atoms with van der Waals surface area (Å²) in [5.74, 6) is -0.939. The van der Waals surface area contributed by atoms with E-state index < -0.39 is 5.97 Å². The number of aromatic nitrogens is 3. The van der Waals surface area contributed by atoms with Gasteiger partial charge in [-0.15, -0.1) is 5.10 Å². The molecule has 0 radical (unpaired) electrons. The Morgan fingerprint density at radius 2 is 2.32 bits per heavy atom. The van der Waals surface area contributed by atoms with Gasteiger partial charge in [0.1, 0.15) is 12.2 Å². The fraction of sp³-hybridized carbons (Fsp3) is 0.500. The third kappa shape index (κ3) is 3.90. The fourth-order valence-corrected chi connectivity index (χ4v) is 1.99. The number of nitrogens with one attached hydrogen (secondary N) is 1. The highest BCUT2D eigenvalue weighted by atomic mass is 16.4. The number of nitrogens with zero attached hydrogens (tertiary/aromatic N) is 3. The molecule has 0 fully saturated rings. The molecule has 1 aromatic rings. The maximum atomic E-state index is 11.9. The Bertz CT molecular complexity index is 495. The Balaban J connectivity index is 1.81. The van der Waals surface area contributed by atoms with Gasteiger partial charge in [0.05, 0.1) is 12.7 Å². The Kier molecular flexibility index (Phi) is 4.27. The maximum Gasteiger partial charge on any atom is 0.325 e. The monoisotopic (exact) mass is 264 g/mol. The Morgan fingerprint density at radius 3 is 3.00 bits per heavy atom. The molecule has 2 N–H and O–H groups in total. The maximum absolute atomic E-state index is 11.9. The van der Waals surface area contributed by atoms with Gasteiger partial charge in [-0.3, -0.25) is 9.59 Å². The molecule has 1 aliphatic rings. The highest BCUT2D eigenvalue weighted by Crippen LogP contribution is 2.17. The van der Waals surface area contributed by atoms with Crippen LogP contribution in [0.5, 0.6) is 0 Å². The van der Waals surface area contributed by atoms with E-state index in [0.717, 1.165) is 19.3 Å². The minimum Gasteiger partial charge on any atom is -0.480 e. The molecule has 1 amide bonds. The van der Waals surface area contributed by atoms with Gasteiger partial charge >= 0.3 is 5.97 Å². The summed E-state index contributed by atoms with van der Waals surface area (Å²) >= 11 is 0. The average molecular weight is 264 g/mol. The average Bonchev–Trinajstić information content (AvgIpc) is 2.84. The van der Waals surface area contributed by atoms with E-state index in [1.165, 1.54) is 10.9 Å². The SMILES string of the molecule is O=C(O)Cn1cc(CNC(=O)C2CC=CCC2)nn1. The summed E-state index contributed by atoms with van der Waals surface area (Å²) in [5, 5.41) is 18.9. The molecule has 0 bridgehead atoms. The van der Waals surface area contributed by atoms with E-state index in [9.17, 15) is 9.59 Å². The smallest absolute Gasteiger partial charge is 0.325 e. The Labute approximate surface area is 110 Å². The molecule has 7 heteroatoms. The molecule has 7 nitrogen and oxygen atoms in total. The molecule has 1 heterocycles. The minimum atomic E-state index is -0.977. The lowest BCUT2D eigenvalue weighted by Crippen LogP contribution is -2.30. The van der Waals surface area contributed by atoms with Crippen molar-refractivity contribution in [3.05, 3.63) is 24.0 Å². The number of carboxylic acid groups (broad SMARTS) is 1. The van der Waals surface area contributed by atoms with Crippen molar-refractivity contribution in [2.24, 2.45) is 5.92 Å². The lowest BCUT2D eigenvalue weighted by molar-refractivity contribution is -0.138. The minimum absolute atomic E-state index is 0.0112. The Morgan fingerprint density at radius 1 is 1.47 bits per heavy atom. The first-order chi connectivity index (χ1) is 9.15. The van der Waals surface area contributed by atoms with Gasteiger partial charge in [0, 0.05) is 5.92 Å². The topological polar surface area (TPSA) is 97.1 Å². The molecular weight excluding hydrogens is 248 g/mol. The van der Waals surface area contributed by atoms with Gasteiger partial charge < -0.3 is 10.4 Å². The first-order valence-corrected chi connectivity index (χ1v) is 6.18. The molecule has 0 spiro atoms. The van der Waals surface area contributed by atoms with Crippen molar-refractivity contribution < 1.29 is 14.7 Å². The quantitative estimate of drug-likeness (QED) is 0.747. The van der Waals surface area contributed by atoms with Crippen LogP contribution in [0.3, 0.4) is 0 Å². The van der Waals surface area contributed by atoms with Gasteiger partial charge in [-0.1, -0.05) is 17.4 Å². The van der Waals surface area contributed by atoms with Crippen LogP contribution in [0.1, 0.15) is 25.0 Å². The van der Waals surface area contributed by atoms with Crippen molar-refractivity contribution >= 4 is 11.9 Å². The number of carbonyl (C=O) groups excluding carboxylic acids is 1. The summed E-state index contributed by atoms with van der Waals surface area (Å²) in [6.45, 7) is 0.0486. The predicted octanol–water partition coefficient (Wildman–Crippen LogP) is 0.335. The van der Waals surface area contributed by atoms with E-state index in [1.54, 1.807) is 0 Å². The van der Waals surface area contributed by atoms with Crippen molar-refractivity contribution in [3.8, 4) is 0 Å². The van der Waals surface area contributed by atoms with Crippen molar-refractivity contribution in [2.75, 3.05) is 0 Å². The van der Waals surface area contributed by atoms with Gasteiger partial charge in [-0.05, 0) is 19.3 Å². The van der Waals surface area contributed by atoms with E-state index in [4.69, 9.17) is 5.11 Å². The third-order valence-electron chi connectivity index (χ3n) is 2.97. The number of hydrogen-bond acceptors (Lipinski definition) is 4. The summed E-state index contributed by atoms with van der Waals surface area (Å²) in [6, 6.07) is 0. The van der Waals surface area contributed by atoms with Crippen LogP contribution in [0.25, 0.3) is 0 Å². The van der Waals surface area contributed by atoms with Crippen molar-refractivity contribution in [1.29, 1.82) is 0 Å². The van der Waals surface area contributed by atoms with Crippen LogP contribution in [-0.4, -0.2) is 32.0 Å². The van der Waals surface area contributed by atoms with E-state index in [-0.39, 0.29) is 24.9 Å². The highest BCUT2D eigenvalue weighted by molar-refractivity contribution is 5.78. The zero-order valence-corrected chi connectivity index (χ0v) is 10.5. The van der Waals surface area contributed by atoms with E-state index in [2.05, 4.69) is 21.7 Å². The number of rotatable bonds is 5. The van der Waals surface area contributed by atoms with Gasteiger partial charge in [-0.2, -0.15) is 0 Å². The second kappa shape index (κ2) is 6.12. The predicted molar refractivity (Wildman–Crippen MR) is 66.0 cm³/mol. The standard InChI is InChI=1S/C12H16N4O3/c17-11(18)8-16-7-10(14-15-16)6-13-12(19)9-4-2-1-3-5-9/h1-2,7,9H,3-6,8H2,(H,13,19)(H,17,18). The van der Waals surface area contributed by atoms with Crippen LogP contribution in [0.4, 0.5) is 0 Å². The summed E-state index contributed by atoms with van der Waals surface area (Å²) in [5.41, 5.74) is 0.556. The largest absolute Gasteiger partial charge is 0.480 e. The molecule has 1 atom stereocenters. The van der Waals surface area contributed by atoms with Crippen molar-refractivity contribution in [3.63, 3.8) is 0 Å². The molecule has 0 saturated heterocycles. The zero-order chi connectivity index (χ0) is 13.7. The summed E-state index contributed by atoms with van der Waals surface area (Å²) < 4.78 is 1.23. The van der Waals surface area contributed by atoms with Gasteiger partial charge in [-0.25, -0.2) is 4.68 Å². The lowest BCUT2D eigenvalue weighted by atomic mass is 9.94. The van der Waals surface area contributed by atoms with E-state index in [0.29, 0.717) is 5.69 Å². The molecule has 1 aliphatic carbocycles. The van der Waals surface area contributed by atoms with E-state index >= 15 is 0 Å². The number of aliphatic carboxylic acids is 1. The normalized spacial score (nSPS) is 18.2. The molecule has 0 saturated carbocycles. The number of carbonyl (C=O) groups is 2. The molecule has 102 valence electrons. The second-order valence-electron chi connectivity index (χ2n) is 4.50. The molecule has 1 aromatic heterocycles. The number of allylic oxidation sites excluding steroid dienone is 2. The summed E-state index contributed by atoms with van der Waals surface area (Å²) in [7, 11) is 0. The molecule has 19 heavy (non-hydrogen) atoms. The van der Waals surface area contributed by atoms with Crippen LogP contribution in [0, 0.1) is 5.92 Å². The molecule has 0 aliphatic heterocycles. The van der Waals surface area contributed by atoms with E-state index in [1.807, 2.05) is 6.08 Å². The summed E-state index contributed by atoms with van der Waals surface area (Å²) in [4.78, 5) is 22.3. The van der Waals surface area contributed by atoms with Gasteiger partial charge in [0.15, 0.2) is 0 Å². The number of hydrogen-bond donors (Lipinski definition) is 2. The lowest BCUT2D eigenvalue weighted by Gasteiger charge is -2.16. The summed E-state index contributed by atoms with van der Waals surface area (Å²) in [6.07, 6.45) is 8.21. The Hall–Kier alpha value is -2.18. The first kappa shape index (κ1) is 13.3. The highest BCUT2D eigenvalue weighted by Gasteiger charge is 2.18. The number of amides is 1. The molecule has 2 rings (SSSR count). The number of carboxylic acids is 1. The second-order valence-corrected chi connectivity index (χ2v) is 4.50. The zero-order valence-electron chi connectivity index (χ0n) is 10.5. The van der Waals surface area contributed by atoms with Crippen LogP contribution in [0.15, 0.2) is 18.3 Å². The van der Waals surface area contributed by atoms with Crippen molar-refractivity contribution in [2.45, 2.75) is 32.4 Å². The van der Waals surface area contributed by atoms with Crippen LogP contribution >= 0.6 is 0 Å². The van der Waals surface area contributed by atoms with Gasteiger partial charge in [0.2, 0.25) is 5.91 Å². The molecule has 0 aromatic carbocycles. The first-order valence-electron chi connectivity index (χ1n) is 6.18. The molecule has 1 unspecified atom stereocenters. The molecular formula is C12H16N4O3.